The van der Waals surface area contributed by atoms with Crippen molar-refractivity contribution in [3.8, 4) is 5.75 Å². The fraction of sp³-hybridized carbons (Fsp3) is 0.600. The van der Waals surface area contributed by atoms with Crippen LogP contribution < -0.4 is 5.73 Å². The van der Waals surface area contributed by atoms with Gasteiger partial charge >= 0.3 is 0 Å². The Morgan fingerprint density at radius 3 is 2.79 bits per heavy atom. The Balaban J connectivity index is 2.02. The van der Waals surface area contributed by atoms with Crippen LogP contribution in [-0.4, -0.2) is 36.3 Å². The lowest BCUT2D eigenvalue weighted by Crippen LogP contribution is -2.36. The van der Waals surface area contributed by atoms with Crippen LogP contribution in [-0.2, 0) is 11.3 Å². The largest absolute Gasteiger partial charge is 0.506 e. The Bertz CT molecular complexity index is 419. The third kappa shape index (κ3) is 3.85. The minimum atomic E-state index is 0.155. The lowest BCUT2D eigenvalue weighted by molar-refractivity contribution is 0.111. The molecule has 0 spiro atoms. The first-order valence-corrected chi connectivity index (χ1v) is 6.92. The van der Waals surface area contributed by atoms with Crippen LogP contribution in [0.4, 0.5) is 5.69 Å². The van der Waals surface area contributed by atoms with Gasteiger partial charge in [-0.25, -0.2) is 0 Å². The van der Waals surface area contributed by atoms with E-state index in [-0.39, 0.29) is 5.75 Å². The number of nitrogens with two attached hydrogens (primary N) is 1. The smallest absolute Gasteiger partial charge is 0.138 e. The molecule has 2 rings (SSSR count). The fourth-order valence-electron chi connectivity index (χ4n) is 2.45. The first-order chi connectivity index (χ1) is 9.11. The Morgan fingerprint density at radius 1 is 1.47 bits per heavy atom. The zero-order valence-electron chi connectivity index (χ0n) is 11.8. The van der Waals surface area contributed by atoms with Crippen molar-refractivity contribution in [3.05, 3.63) is 23.8 Å². The average Bonchev–Trinajstić information content (AvgIpc) is 3.22. The molecule has 1 aliphatic rings. The Hall–Kier alpha value is -1.26. The molecule has 0 radical (unpaired) electrons. The first-order valence-electron chi connectivity index (χ1n) is 6.92. The van der Waals surface area contributed by atoms with Crippen molar-refractivity contribution in [2.24, 2.45) is 5.92 Å². The van der Waals surface area contributed by atoms with Crippen LogP contribution in [0.2, 0.25) is 0 Å². The van der Waals surface area contributed by atoms with Crippen LogP contribution >= 0.6 is 0 Å². The SMILES string of the molecule is COCCN(Cc1ccc(O)c(N)c1)C(C)C1CC1. The molecular formula is C15H24N2O2. The van der Waals surface area contributed by atoms with Crippen LogP contribution in [0.3, 0.4) is 0 Å². The van der Waals surface area contributed by atoms with Gasteiger partial charge in [0.2, 0.25) is 0 Å². The molecule has 0 amide bonds. The molecule has 1 aromatic carbocycles. The number of hydrogen-bond acceptors (Lipinski definition) is 4. The summed E-state index contributed by atoms with van der Waals surface area (Å²) < 4.78 is 5.20. The molecule has 1 atom stereocenters. The number of methoxy groups -OCH3 is 1. The van der Waals surface area contributed by atoms with Gasteiger partial charge in [0.1, 0.15) is 5.75 Å². The molecule has 1 saturated carbocycles. The van der Waals surface area contributed by atoms with E-state index in [1.165, 1.54) is 12.8 Å². The highest BCUT2D eigenvalue weighted by Crippen LogP contribution is 2.35. The van der Waals surface area contributed by atoms with E-state index in [2.05, 4.69) is 11.8 Å². The summed E-state index contributed by atoms with van der Waals surface area (Å²) in [7, 11) is 1.73. The van der Waals surface area contributed by atoms with Gasteiger partial charge in [0.15, 0.2) is 0 Å². The van der Waals surface area contributed by atoms with E-state index in [9.17, 15) is 5.11 Å². The molecule has 1 aliphatic carbocycles. The maximum absolute atomic E-state index is 9.47. The number of nitrogens with zero attached hydrogens (tertiary/aromatic N) is 1. The van der Waals surface area contributed by atoms with Gasteiger partial charge in [-0.3, -0.25) is 4.90 Å². The van der Waals surface area contributed by atoms with E-state index < -0.39 is 0 Å². The Labute approximate surface area is 115 Å². The van der Waals surface area contributed by atoms with Crippen molar-refractivity contribution in [1.29, 1.82) is 0 Å². The van der Waals surface area contributed by atoms with Gasteiger partial charge in [-0.05, 0) is 43.4 Å². The maximum atomic E-state index is 9.47. The number of phenolic OH excluding ortho intramolecular Hbond substituents is 1. The molecule has 0 bridgehead atoms. The summed E-state index contributed by atoms with van der Waals surface area (Å²) in [6.07, 6.45) is 2.67. The van der Waals surface area contributed by atoms with Crippen molar-refractivity contribution in [1.82, 2.24) is 4.90 Å². The third-order valence-corrected chi connectivity index (χ3v) is 3.94. The summed E-state index contributed by atoms with van der Waals surface area (Å²) >= 11 is 0. The van der Waals surface area contributed by atoms with E-state index in [1.807, 2.05) is 12.1 Å². The maximum Gasteiger partial charge on any atom is 0.138 e. The minimum absolute atomic E-state index is 0.155. The molecule has 1 fully saturated rings. The van der Waals surface area contributed by atoms with Gasteiger partial charge in [0, 0.05) is 26.2 Å². The predicted octanol–water partition coefficient (Wildman–Crippen LogP) is 2.22. The number of aromatic hydroxyl groups is 1. The van der Waals surface area contributed by atoms with E-state index in [4.69, 9.17) is 10.5 Å². The van der Waals surface area contributed by atoms with Crippen LogP contribution in [0.25, 0.3) is 0 Å². The normalized spacial score (nSPS) is 16.8. The van der Waals surface area contributed by atoms with Crippen molar-refractivity contribution < 1.29 is 9.84 Å². The lowest BCUT2D eigenvalue weighted by atomic mass is 10.1. The Morgan fingerprint density at radius 2 is 2.21 bits per heavy atom. The van der Waals surface area contributed by atoms with Gasteiger partial charge in [0.25, 0.3) is 0 Å². The number of benzene rings is 1. The number of ether oxygens (including phenoxy) is 1. The highest BCUT2D eigenvalue weighted by Gasteiger charge is 2.31. The Kier molecular flexibility index (Phi) is 4.66. The molecule has 4 heteroatoms. The van der Waals surface area contributed by atoms with Gasteiger partial charge in [0.05, 0.1) is 12.3 Å². The monoisotopic (exact) mass is 264 g/mol. The summed E-state index contributed by atoms with van der Waals surface area (Å²) in [5.41, 5.74) is 7.34. The van der Waals surface area contributed by atoms with Crippen molar-refractivity contribution in [3.63, 3.8) is 0 Å². The molecule has 0 saturated heterocycles. The second kappa shape index (κ2) is 6.26. The zero-order valence-corrected chi connectivity index (χ0v) is 11.8. The summed E-state index contributed by atoms with van der Waals surface area (Å²) in [5, 5.41) is 9.47. The zero-order chi connectivity index (χ0) is 13.8. The van der Waals surface area contributed by atoms with Crippen molar-refractivity contribution in [2.45, 2.75) is 32.4 Å². The van der Waals surface area contributed by atoms with Crippen LogP contribution in [0.15, 0.2) is 18.2 Å². The van der Waals surface area contributed by atoms with Crippen LogP contribution in [0.5, 0.6) is 5.75 Å². The van der Waals surface area contributed by atoms with E-state index in [0.29, 0.717) is 11.7 Å². The quantitative estimate of drug-likeness (QED) is 0.585. The molecule has 1 aromatic rings. The van der Waals surface area contributed by atoms with Gasteiger partial charge < -0.3 is 15.6 Å². The molecule has 1 unspecified atom stereocenters. The molecule has 3 N–H and O–H groups in total. The third-order valence-electron chi connectivity index (χ3n) is 3.94. The average molecular weight is 264 g/mol. The summed E-state index contributed by atoms with van der Waals surface area (Å²) in [5.74, 6) is 0.980. The van der Waals surface area contributed by atoms with Gasteiger partial charge in [-0.2, -0.15) is 0 Å². The number of nitrogen functional groups attached to an aromatic ring is 1. The standard InChI is InChI=1S/C15H24N2O2/c1-11(13-4-5-13)17(7-8-19-2)10-12-3-6-15(18)14(16)9-12/h3,6,9,11,13,18H,4-5,7-8,10,16H2,1-2H3. The van der Waals surface area contributed by atoms with Crippen molar-refractivity contribution >= 4 is 5.69 Å². The number of anilines is 1. The number of phenols is 1. The summed E-state index contributed by atoms with van der Waals surface area (Å²) in [6, 6.07) is 6.03. The lowest BCUT2D eigenvalue weighted by Gasteiger charge is -2.29. The number of rotatable bonds is 7. The molecule has 0 heterocycles. The fourth-order valence-corrected chi connectivity index (χ4v) is 2.45. The van der Waals surface area contributed by atoms with E-state index in [1.54, 1.807) is 13.2 Å². The number of hydrogen-bond donors (Lipinski definition) is 2. The van der Waals surface area contributed by atoms with E-state index >= 15 is 0 Å². The van der Waals surface area contributed by atoms with Crippen molar-refractivity contribution in [2.75, 3.05) is 26.0 Å². The molecule has 0 aliphatic heterocycles. The molecule has 19 heavy (non-hydrogen) atoms. The molecule has 4 nitrogen and oxygen atoms in total. The second-order valence-corrected chi connectivity index (χ2v) is 5.43. The highest BCUT2D eigenvalue weighted by molar-refractivity contribution is 5.53. The molecule has 106 valence electrons. The van der Waals surface area contributed by atoms with Gasteiger partial charge in [-0.1, -0.05) is 6.07 Å². The van der Waals surface area contributed by atoms with Crippen LogP contribution in [0.1, 0.15) is 25.3 Å². The van der Waals surface area contributed by atoms with E-state index in [0.717, 1.165) is 31.2 Å². The summed E-state index contributed by atoms with van der Waals surface area (Å²) in [4.78, 5) is 2.44. The molecular weight excluding hydrogens is 240 g/mol. The predicted molar refractivity (Wildman–Crippen MR) is 77.0 cm³/mol. The molecule has 0 aromatic heterocycles. The van der Waals surface area contributed by atoms with Crippen LogP contribution in [0, 0.1) is 5.92 Å². The topological polar surface area (TPSA) is 58.7 Å². The highest BCUT2D eigenvalue weighted by atomic mass is 16.5. The minimum Gasteiger partial charge on any atom is -0.506 e. The first kappa shape index (κ1) is 14.2. The summed E-state index contributed by atoms with van der Waals surface area (Å²) in [6.45, 7) is 4.81. The second-order valence-electron chi connectivity index (χ2n) is 5.43. The van der Waals surface area contributed by atoms with Gasteiger partial charge in [-0.15, -0.1) is 0 Å².